The van der Waals surface area contributed by atoms with Crippen molar-refractivity contribution in [2.45, 2.75) is 45.1 Å². The van der Waals surface area contributed by atoms with E-state index < -0.39 is 0 Å². The van der Waals surface area contributed by atoms with E-state index >= 15 is 0 Å². The monoisotopic (exact) mass is 231 g/mol. The summed E-state index contributed by atoms with van der Waals surface area (Å²) >= 11 is 0. The number of aryl methyl sites for hydroxylation is 1. The Morgan fingerprint density at radius 1 is 1.41 bits per heavy atom. The van der Waals surface area contributed by atoms with Crippen molar-refractivity contribution in [3.63, 3.8) is 0 Å². The molecule has 2 heteroatoms. The van der Waals surface area contributed by atoms with Crippen LogP contribution in [-0.4, -0.2) is 10.1 Å². The molecule has 2 aliphatic rings. The van der Waals surface area contributed by atoms with Gasteiger partial charge in [-0.25, -0.2) is 0 Å². The zero-order valence-corrected chi connectivity index (χ0v) is 10.5. The Labute approximate surface area is 103 Å². The molecule has 3 rings (SSSR count). The molecule has 0 aromatic carbocycles. The molecule has 92 valence electrons. The maximum atomic E-state index is 10.3. The molecule has 0 amide bonds. The standard InChI is InChI=1S/C15H21NO/c1-10-3-2-6-16-15(10)14(17)9-13-8-11-4-5-12(13)7-11/h2-3,6,11-14,17H,4-5,7-9H2,1H3. The highest BCUT2D eigenvalue weighted by Crippen LogP contribution is 2.50. The van der Waals surface area contributed by atoms with Crippen molar-refractivity contribution >= 4 is 0 Å². The van der Waals surface area contributed by atoms with E-state index in [9.17, 15) is 5.11 Å². The molecule has 2 aliphatic carbocycles. The second-order valence-electron chi connectivity index (χ2n) is 5.89. The van der Waals surface area contributed by atoms with Gasteiger partial charge in [-0.1, -0.05) is 12.5 Å². The summed E-state index contributed by atoms with van der Waals surface area (Å²) in [6, 6.07) is 3.97. The van der Waals surface area contributed by atoms with Gasteiger partial charge in [0.05, 0.1) is 11.8 Å². The zero-order valence-electron chi connectivity index (χ0n) is 10.5. The minimum atomic E-state index is -0.361. The molecular formula is C15H21NO. The van der Waals surface area contributed by atoms with Crippen LogP contribution in [0, 0.1) is 24.7 Å². The van der Waals surface area contributed by atoms with Crippen molar-refractivity contribution in [2.24, 2.45) is 17.8 Å². The molecule has 0 spiro atoms. The molecule has 1 aromatic heterocycles. The minimum absolute atomic E-state index is 0.361. The Bertz CT molecular complexity index is 404. The van der Waals surface area contributed by atoms with E-state index in [0.29, 0.717) is 0 Å². The molecule has 2 nitrogen and oxygen atoms in total. The predicted octanol–water partition coefficient (Wildman–Crippen LogP) is 3.25. The van der Waals surface area contributed by atoms with Gasteiger partial charge in [0.15, 0.2) is 0 Å². The molecule has 4 atom stereocenters. The van der Waals surface area contributed by atoms with Crippen LogP contribution in [0.3, 0.4) is 0 Å². The lowest BCUT2D eigenvalue weighted by Crippen LogP contribution is -2.15. The van der Waals surface area contributed by atoms with Crippen LogP contribution < -0.4 is 0 Å². The van der Waals surface area contributed by atoms with Gasteiger partial charge in [0.25, 0.3) is 0 Å². The first-order chi connectivity index (χ1) is 8.24. The van der Waals surface area contributed by atoms with Gasteiger partial charge in [0, 0.05) is 6.20 Å². The van der Waals surface area contributed by atoms with Gasteiger partial charge in [-0.3, -0.25) is 4.98 Å². The molecule has 1 N–H and O–H groups in total. The van der Waals surface area contributed by atoms with Gasteiger partial charge in [-0.15, -0.1) is 0 Å². The summed E-state index contributed by atoms with van der Waals surface area (Å²) in [6.07, 6.45) is 7.92. The Balaban J connectivity index is 1.68. The molecule has 17 heavy (non-hydrogen) atoms. The van der Waals surface area contributed by atoms with Crippen molar-refractivity contribution in [3.8, 4) is 0 Å². The molecule has 1 heterocycles. The molecule has 2 saturated carbocycles. The molecule has 1 aromatic rings. The van der Waals surface area contributed by atoms with Crippen molar-refractivity contribution in [3.05, 3.63) is 29.6 Å². The van der Waals surface area contributed by atoms with Gasteiger partial charge < -0.3 is 5.11 Å². The number of aliphatic hydroxyl groups is 1. The van der Waals surface area contributed by atoms with Gasteiger partial charge in [0.2, 0.25) is 0 Å². The number of hydrogen-bond donors (Lipinski definition) is 1. The van der Waals surface area contributed by atoms with Crippen LogP contribution in [0.4, 0.5) is 0 Å². The van der Waals surface area contributed by atoms with E-state index in [1.54, 1.807) is 6.20 Å². The number of rotatable bonds is 3. The fraction of sp³-hybridized carbons (Fsp3) is 0.667. The maximum Gasteiger partial charge on any atom is 0.0965 e. The molecule has 0 radical (unpaired) electrons. The number of aromatic nitrogens is 1. The number of hydrogen-bond acceptors (Lipinski definition) is 2. The highest BCUT2D eigenvalue weighted by molar-refractivity contribution is 5.19. The second-order valence-corrected chi connectivity index (χ2v) is 5.89. The third kappa shape index (κ3) is 2.11. The molecular weight excluding hydrogens is 210 g/mol. The third-order valence-corrected chi connectivity index (χ3v) is 4.78. The molecule has 4 unspecified atom stereocenters. The number of fused-ring (bicyclic) bond motifs is 2. The predicted molar refractivity (Wildman–Crippen MR) is 67.5 cm³/mol. The molecule has 2 bridgehead atoms. The molecule has 2 fully saturated rings. The van der Waals surface area contributed by atoms with Crippen LogP contribution in [0.5, 0.6) is 0 Å². The van der Waals surface area contributed by atoms with Gasteiger partial charge in [0.1, 0.15) is 0 Å². The van der Waals surface area contributed by atoms with E-state index in [-0.39, 0.29) is 6.10 Å². The smallest absolute Gasteiger partial charge is 0.0965 e. The van der Waals surface area contributed by atoms with Crippen molar-refractivity contribution in [1.29, 1.82) is 0 Å². The van der Waals surface area contributed by atoms with E-state index in [1.165, 1.54) is 25.7 Å². The minimum Gasteiger partial charge on any atom is -0.387 e. The zero-order chi connectivity index (χ0) is 11.8. The summed E-state index contributed by atoms with van der Waals surface area (Å²) in [5.41, 5.74) is 2.00. The maximum absolute atomic E-state index is 10.3. The van der Waals surface area contributed by atoms with Crippen LogP contribution in [0.25, 0.3) is 0 Å². The lowest BCUT2D eigenvalue weighted by atomic mass is 9.84. The highest BCUT2D eigenvalue weighted by Gasteiger charge is 2.40. The van der Waals surface area contributed by atoms with Crippen LogP contribution in [0.2, 0.25) is 0 Å². The molecule has 0 saturated heterocycles. The van der Waals surface area contributed by atoms with E-state index in [1.807, 2.05) is 19.1 Å². The Morgan fingerprint density at radius 3 is 2.94 bits per heavy atom. The Kier molecular flexibility index (Phi) is 2.91. The topological polar surface area (TPSA) is 33.1 Å². The average Bonchev–Trinajstić information content (AvgIpc) is 2.91. The van der Waals surface area contributed by atoms with Gasteiger partial charge in [-0.05, 0) is 62.0 Å². The average molecular weight is 231 g/mol. The number of nitrogens with zero attached hydrogens (tertiary/aromatic N) is 1. The third-order valence-electron chi connectivity index (χ3n) is 4.78. The highest BCUT2D eigenvalue weighted by atomic mass is 16.3. The van der Waals surface area contributed by atoms with Gasteiger partial charge >= 0.3 is 0 Å². The number of pyridine rings is 1. The number of aliphatic hydroxyl groups excluding tert-OH is 1. The fourth-order valence-electron chi connectivity index (χ4n) is 3.91. The van der Waals surface area contributed by atoms with E-state index in [2.05, 4.69) is 4.98 Å². The summed E-state index contributed by atoms with van der Waals surface area (Å²) in [5, 5.41) is 10.3. The normalized spacial score (nSPS) is 32.9. The largest absolute Gasteiger partial charge is 0.387 e. The van der Waals surface area contributed by atoms with Crippen molar-refractivity contribution < 1.29 is 5.11 Å². The Hall–Kier alpha value is -0.890. The van der Waals surface area contributed by atoms with Crippen molar-refractivity contribution in [1.82, 2.24) is 4.98 Å². The second kappa shape index (κ2) is 4.41. The van der Waals surface area contributed by atoms with Crippen LogP contribution in [0.15, 0.2) is 18.3 Å². The summed E-state index contributed by atoms with van der Waals surface area (Å²) in [6.45, 7) is 2.03. The van der Waals surface area contributed by atoms with Crippen LogP contribution in [0.1, 0.15) is 49.5 Å². The summed E-state index contributed by atoms with van der Waals surface area (Å²) < 4.78 is 0. The lowest BCUT2D eigenvalue weighted by molar-refractivity contribution is 0.121. The summed E-state index contributed by atoms with van der Waals surface area (Å²) in [5.74, 6) is 2.59. The first kappa shape index (κ1) is 11.2. The van der Waals surface area contributed by atoms with Gasteiger partial charge in [-0.2, -0.15) is 0 Å². The summed E-state index contributed by atoms with van der Waals surface area (Å²) in [4.78, 5) is 4.33. The Morgan fingerprint density at radius 2 is 2.29 bits per heavy atom. The van der Waals surface area contributed by atoms with E-state index in [4.69, 9.17) is 0 Å². The van der Waals surface area contributed by atoms with E-state index in [0.717, 1.165) is 35.4 Å². The lowest BCUT2D eigenvalue weighted by Gasteiger charge is -2.24. The fourth-order valence-corrected chi connectivity index (χ4v) is 3.91. The summed E-state index contributed by atoms with van der Waals surface area (Å²) in [7, 11) is 0. The quantitative estimate of drug-likeness (QED) is 0.866. The van der Waals surface area contributed by atoms with Crippen LogP contribution in [-0.2, 0) is 0 Å². The van der Waals surface area contributed by atoms with Crippen molar-refractivity contribution in [2.75, 3.05) is 0 Å². The first-order valence-corrected chi connectivity index (χ1v) is 6.83. The molecule has 0 aliphatic heterocycles. The first-order valence-electron chi connectivity index (χ1n) is 6.83. The van der Waals surface area contributed by atoms with Crippen LogP contribution >= 0.6 is 0 Å². The SMILES string of the molecule is Cc1cccnc1C(O)CC1CC2CCC1C2.